The van der Waals surface area contributed by atoms with Gasteiger partial charge in [-0.1, -0.05) is 0 Å². The second-order valence-corrected chi connectivity index (χ2v) is 8.08. The fraction of sp³-hybridized carbons (Fsp3) is 0.308. The van der Waals surface area contributed by atoms with Gasteiger partial charge in [0.25, 0.3) is 0 Å². The van der Waals surface area contributed by atoms with Crippen molar-refractivity contribution in [1.29, 1.82) is 0 Å². The average Bonchev–Trinajstić information content (AvgIpc) is 2.87. The zero-order chi connectivity index (χ0) is 25.9. The Kier molecular flexibility index (Phi) is 10.0. The lowest BCUT2D eigenvalue weighted by atomic mass is 10.1. The number of carbonyl (C=O) groups excluding carboxylic acids is 1. The number of aliphatic hydroxyl groups is 4. The van der Waals surface area contributed by atoms with Gasteiger partial charge in [0.15, 0.2) is 0 Å². The fourth-order valence-electron chi connectivity index (χ4n) is 3.79. The Morgan fingerprint density at radius 3 is 1.67 bits per heavy atom. The molecule has 0 fully saturated rings. The lowest BCUT2D eigenvalue weighted by Crippen LogP contribution is -2.29. The Balaban J connectivity index is 1.77. The van der Waals surface area contributed by atoms with Crippen LogP contribution in [0.5, 0.6) is 0 Å². The molecule has 192 valence electrons. The number of carbonyl (C=O) groups is 1. The summed E-state index contributed by atoms with van der Waals surface area (Å²) < 4.78 is 0. The number of hydrogen-bond donors (Lipinski definition) is 6. The molecule has 2 aromatic carbocycles. The first-order valence-corrected chi connectivity index (χ1v) is 11.7. The van der Waals surface area contributed by atoms with Crippen LogP contribution in [0, 0.1) is 0 Å². The number of nitrogens with one attached hydrogen (secondary N) is 1. The van der Waals surface area contributed by atoms with E-state index in [0.717, 1.165) is 11.4 Å². The molecule has 10 heteroatoms. The van der Waals surface area contributed by atoms with Gasteiger partial charge >= 0.3 is 0 Å². The highest BCUT2D eigenvalue weighted by atomic mass is 16.3. The maximum absolute atomic E-state index is 12.5. The van der Waals surface area contributed by atoms with E-state index in [2.05, 4.69) is 10.3 Å². The van der Waals surface area contributed by atoms with Crippen LogP contribution in [-0.4, -0.2) is 84.5 Å². The van der Waals surface area contributed by atoms with Crippen molar-refractivity contribution in [3.63, 3.8) is 0 Å². The third-order valence-electron chi connectivity index (χ3n) is 5.58. The summed E-state index contributed by atoms with van der Waals surface area (Å²) in [5, 5.41) is 40.0. The van der Waals surface area contributed by atoms with Crippen molar-refractivity contribution in [3.8, 4) is 0 Å². The number of nitrogens with zero attached hydrogens (tertiary/aromatic N) is 3. The van der Waals surface area contributed by atoms with E-state index in [9.17, 15) is 25.2 Å². The minimum atomic E-state index is -0.267. The summed E-state index contributed by atoms with van der Waals surface area (Å²) in [5.41, 5.74) is 10.1. The van der Waals surface area contributed by atoms with E-state index in [1.54, 1.807) is 18.2 Å². The van der Waals surface area contributed by atoms with E-state index in [-0.39, 0.29) is 37.9 Å². The molecule has 0 bridgehead atoms. The van der Waals surface area contributed by atoms with Gasteiger partial charge < -0.3 is 41.3 Å². The van der Waals surface area contributed by atoms with E-state index < -0.39 is 0 Å². The molecule has 10 nitrogen and oxygen atoms in total. The quantitative estimate of drug-likeness (QED) is 0.221. The second kappa shape index (κ2) is 13.4. The molecule has 0 atom stereocenters. The van der Waals surface area contributed by atoms with Crippen molar-refractivity contribution >= 4 is 34.2 Å². The number of ketones is 1. The fourth-order valence-corrected chi connectivity index (χ4v) is 3.79. The van der Waals surface area contributed by atoms with Crippen LogP contribution in [0.3, 0.4) is 0 Å². The number of aliphatic hydroxyl groups excluding tert-OH is 4. The summed E-state index contributed by atoms with van der Waals surface area (Å²) in [6.07, 6.45) is 2.94. The average molecular weight is 496 g/mol. The number of nitrogens with two attached hydrogens (primary N) is 1. The van der Waals surface area contributed by atoms with Gasteiger partial charge in [-0.15, -0.1) is 0 Å². The lowest BCUT2D eigenvalue weighted by molar-refractivity contribution is -0.111. The van der Waals surface area contributed by atoms with Gasteiger partial charge in [-0.3, -0.25) is 4.79 Å². The van der Waals surface area contributed by atoms with Crippen LogP contribution in [0.25, 0.3) is 0 Å². The highest BCUT2D eigenvalue weighted by molar-refractivity contribution is 6.23. The van der Waals surface area contributed by atoms with Crippen LogP contribution in [0.15, 0.2) is 77.1 Å². The minimum Gasteiger partial charge on any atom is -0.397 e. The molecule has 7 N–H and O–H groups in total. The summed E-state index contributed by atoms with van der Waals surface area (Å²) in [6.45, 7) is 1.54. The first kappa shape index (κ1) is 26.9. The number of benzene rings is 2. The molecule has 0 heterocycles. The third-order valence-corrected chi connectivity index (χ3v) is 5.58. The molecule has 0 radical (unpaired) electrons. The zero-order valence-electron chi connectivity index (χ0n) is 20.0. The van der Waals surface area contributed by atoms with Gasteiger partial charge in [-0.2, -0.15) is 0 Å². The van der Waals surface area contributed by atoms with Crippen molar-refractivity contribution in [1.82, 2.24) is 0 Å². The summed E-state index contributed by atoms with van der Waals surface area (Å²) >= 11 is 0. The Bertz CT molecular complexity index is 1080. The maximum atomic E-state index is 12.5. The van der Waals surface area contributed by atoms with Crippen LogP contribution in [0.1, 0.15) is 0 Å². The molecule has 1 aliphatic rings. The van der Waals surface area contributed by atoms with Crippen molar-refractivity contribution < 1.29 is 25.2 Å². The zero-order valence-corrected chi connectivity index (χ0v) is 20.0. The van der Waals surface area contributed by atoms with Crippen LogP contribution in [-0.2, 0) is 4.79 Å². The molecular formula is C26H33N5O5. The van der Waals surface area contributed by atoms with Gasteiger partial charge in [0.05, 0.1) is 49.2 Å². The van der Waals surface area contributed by atoms with Crippen LogP contribution < -0.4 is 20.9 Å². The molecule has 0 aliphatic heterocycles. The maximum Gasteiger partial charge on any atom is 0.204 e. The second-order valence-electron chi connectivity index (χ2n) is 8.08. The van der Waals surface area contributed by atoms with Crippen LogP contribution >= 0.6 is 0 Å². The SMILES string of the molecule is NC1=CC(=O)C(Nc2ccc(N(CCO)CCO)cc2)=CC1=Nc1ccc(N(CCO)CCO)cc1. The monoisotopic (exact) mass is 495 g/mol. The van der Waals surface area contributed by atoms with E-state index >= 15 is 0 Å². The Labute approximate surface area is 210 Å². The van der Waals surface area contributed by atoms with Crippen molar-refractivity contribution in [2.24, 2.45) is 10.7 Å². The normalized spacial score (nSPS) is 14.4. The standard InChI is InChI=1S/C26H33N5O5/c27-23-17-26(36)25(29-20-3-7-22(8-4-20)31(11-15-34)12-16-35)18-24(23)28-19-1-5-21(6-2-19)30(9-13-32)10-14-33/h1-8,17-18,29,32-35H,9-16,27H2. The topological polar surface area (TPSA) is 155 Å². The van der Waals surface area contributed by atoms with E-state index in [1.807, 2.05) is 46.2 Å². The number of anilines is 3. The smallest absolute Gasteiger partial charge is 0.204 e. The van der Waals surface area contributed by atoms with E-state index in [0.29, 0.717) is 49.0 Å². The molecule has 1 aliphatic carbocycles. The minimum absolute atomic E-state index is 0.0215. The highest BCUT2D eigenvalue weighted by Crippen LogP contribution is 2.23. The number of rotatable bonds is 13. The van der Waals surface area contributed by atoms with Gasteiger partial charge in [0, 0.05) is 49.3 Å². The van der Waals surface area contributed by atoms with Gasteiger partial charge in [0.2, 0.25) is 5.78 Å². The first-order valence-electron chi connectivity index (χ1n) is 11.7. The summed E-state index contributed by atoms with van der Waals surface area (Å²) in [5.74, 6) is -0.267. The largest absolute Gasteiger partial charge is 0.397 e. The molecular weight excluding hydrogens is 462 g/mol. The Hall–Kier alpha value is -3.70. The molecule has 0 saturated heterocycles. The molecule has 0 spiro atoms. The molecule has 3 rings (SSSR count). The Morgan fingerprint density at radius 2 is 1.19 bits per heavy atom. The van der Waals surface area contributed by atoms with Crippen molar-refractivity contribution in [2.75, 3.05) is 67.7 Å². The summed E-state index contributed by atoms with van der Waals surface area (Å²) in [7, 11) is 0. The van der Waals surface area contributed by atoms with Gasteiger partial charge in [-0.05, 0) is 54.6 Å². The predicted octanol–water partition coefficient (Wildman–Crippen LogP) is 0.762. The van der Waals surface area contributed by atoms with Gasteiger partial charge in [-0.25, -0.2) is 4.99 Å². The lowest BCUT2D eigenvalue weighted by Gasteiger charge is -2.23. The molecule has 0 unspecified atom stereocenters. The molecule has 0 aromatic heterocycles. The molecule has 36 heavy (non-hydrogen) atoms. The van der Waals surface area contributed by atoms with E-state index in [4.69, 9.17) is 5.73 Å². The highest BCUT2D eigenvalue weighted by Gasteiger charge is 2.18. The number of aliphatic imine (C=N–C) groups is 1. The predicted molar refractivity (Wildman–Crippen MR) is 142 cm³/mol. The van der Waals surface area contributed by atoms with Crippen molar-refractivity contribution in [3.05, 3.63) is 72.1 Å². The third kappa shape index (κ3) is 7.15. The van der Waals surface area contributed by atoms with Crippen LogP contribution in [0.4, 0.5) is 22.7 Å². The molecule has 0 amide bonds. The molecule has 0 saturated carbocycles. The molecule has 2 aromatic rings. The van der Waals surface area contributed by atoms with Gasteiger partial charge in [0.1, 0.15) is 0 Å². The van der Waals surface area contributed by atoms with E-state index in [1.165, 1.54) is 6.08 Å². The number of hydrogen-bond acceptors (Lipinski definition) is 10. The summed E-state index contributed by atoms with van der Waals surface area (Å²) in [4.78, 5) is 20.9. The van der Waals surface area contributed by atoms with Crippen molar-refractivity contribution in [2.45, 2.75) is 0 Å². The number of allylic oxidation sites excluding steroid dienone is 2. The first-order chi connectivity index (χ1) is 17.5. The van der Waals surface area contributed by atoms with Crippen LogP contribution in [0.2, 0.25) is 0 Å². The summed E-state index contributed by atoms with van der Waals surface area (Å²) in [6, 6.07) is 14.6. The Morgan fingerprint density at radius 1 is 0.722 bits per heavy atom.